The Balaban J connectivity index is 1.59. The van der Waals surface area contributed by atoms with Crippen LogP contribution in [0.2, 0.25) is 0 Å². The number of nitrogens with one attached hydrogen (secondary N) is 2. The molecule has 0 spiro atoms. The molecule has 1 fully saturated rings. The quantitative estimate of drug-likeness (QED) is 0.677. The number of aryl methyl sites for hydroxylation is 1. The standard InChI is InChI=1S/C20H24BrN3O4/c1-14-2-4-15(5-3-14)16(13-24-8-10-27-11-9-24)23-19(25)12-22-20(26)17-6-7-18(21)28-17/h2-7,16H,8-13H2,1H3,(H,22,26)(H,23,25). The lowest BCUT2D eigenvalue weighted by Crippen LogP contribution is -2.45. The van der Waals surface area contributed by atoms with Gasteiger partial charge in [-0.05, 0) is 40.5 Å². The Morgan fingerprint density at radius 2 is 1.86 bits per heavy atom. The van der Waals surface area contributed by atoms with Crippen LogP contribution in [0.4, 0.5) is 0 Å². The largest absolute Gasteiger partial charge is 0.444 e. The topological polar surface area (TPSA) is 83.8 Å². The summed E-state index contributed by atoms with van der Waals surface area (Å²) in [6, 6.07) is 11.1. The lowest BCUT2D eigenvalue weighted by atomic mass is 10.0. The molecular weight excluding hydrogens is 426 g/mol. The number of amides is 2. The second-order valence-corrected chi connectivity index (χ2v) is 7.51. The van der Waals surface area contributed by atoms with Crippen LogP contribution in [-0.4, -0.2) is 56.1 Å². The molecule has 0 bridgehead atoms. The molecule has 0 saturated carbocycles. The van der Waals surface area contributed by atoms with E-state index in [4.69, 9.17) is 9.15 Å². The van der Waals surface area contributed by atoms with Crippen LogP contribution in [-0.2, 0) is 9.53 Å². The van der Waals surface area contributed by atoms with Crippen molar-refractivity contribution in [3.8, 4) is 0 Å². The number of hydrogen-bond acceptors (Lipinski definition) is 5. The third-order valence-electron chi connectivity index (χ3n) is 4.57. The Kier molecular flexibility index (Phi) is 7.24. The number of halogens is 1. The highest BCUT2D eigenvalue weighted by atomic mass is 79.9. The first kappa shape index (κ1) is 20.6. The van der Waals surface area contributed by atoms with Crippen LogP contribution in [0.1, 0.15) is 27.7 Å². The number of furan rings is 1. The summed E-state index contributed by atoms with van der Waals surface area (Å²) in [4.78, 5) is 26.8. The van der Waals surface area contributed by atoms with Gasteiger partial charge >= 0.3 is 0 Å². The van der Waals surface area contributed by atoms with Crippen LogP contribution in [0.5, 0.6) is 0 Å². The molecule has 1 aliphatic heterocycles. The van der Waals surface area contributed by atoms with E-state index in [2.05, 4.69) is 31.5 Å². The van der Waals surface area contributed by atoms with Gasteiger partial charge in [0.05, 0.1) is 25.8 Å². The Hall–Kier alpha value is -2.16. The zero-order valence-corrected chi connectivity index (χ0v) is 17.3. The predicted octanol–water partition coefficient (Wildman–Crippen LogP) is 2.27. The lowest BCUT2D eigenvalue weighted by molar-refractivity contribution is -0.121. The van der Waals surface area contributed by atoms with E-state index in [0.29, 0.717) is 24.4 Å². The molecule has 28 heavy (non-hydrogen) atoms. The van der Waals surface area contributed by atoms with Crippen molar-refractivity contribution >= 4 is 27.7 Å². The van der Waals surface area contributed by atoms with Crippen molar-refractivity contribution in [1.29, 1.82) is 0 Å². The average molecular weight is 450 g/mol. The molecule has 2 amide bonds. The van der Waals surface area contributed by atoms with Gasteiger partial charge in [0.25, 0.3) is 5.91 Å². The van der Waals surface area contributed by atoms with Crippen LogP contribution in [0, 0.1) is 6.92 Å². The van der Waals surface area contributed by atoms with E-state index >= 15 is 0 Å². The monoisotopic (exact) mass is 449 g/mol. The summed E-state index contributed by atoms with van der Waals surface area (Å²) in [5.74, 6) is -0.526. The summed E-state index contributed by atoms with van der Waals surface area (Å²) in [7, 11) is 0. The molecule has 1 saturated heterocycles. The van der Waals surface area contributed by atoms with E-state index in [0.717, 1.165) is 24.2 Å². The third-order valence-corrected chi connectivity index (χ3v) is 4.99. The average Bonchev–Trinajstić information content (AvgIpc) is 3.13. The summed E-state index contributed by atoms with van der Waals surface area (Å²) in [5, 5.41) is 5.62. The van der Waals surface area contributed by atoms with Gasteiger partial charge < -0.3 is 19.8 Å². The van der Waals surface area contributed by atoms with E-state index in [9.17, 15) is 9.59 Å². The van der Waals surface area contributed by atoms with Gasteiger partial charge in [0, 0.05) is 19.6 Å². The van der Waals surface area contributed by atoms with Crippen molar-refractivity contribution < 1.29 is 18.7 Å². The van der Waals surface area contributed by atoms with Gasteiger partial charge in [-0.3, -0.25) is 14.5 Å². The van der Waals surface area contributed by atoms with Crippen LogP contribution in [0.15, 0.2) is 45.5 Å². The SMILES string of the molecule is Cc1ccc(C(CN2CCOCC2)NC(=O)CNC(=O)c2ccc(Br)o2)cc1. The molecule has 1 unspecified atom stereocenters. The van der Waals surface area contributed by atoms with Crippen molar-refractivity contribution in [3.63, 3.8) is 0 Å². The Bertz CT molecular complexity index is 800. The minimum absolute atomic E-state index is 0.122. The zero-order valence-electron chi connectivity index (χ0n) is 15.7. The van der Waals surface area contributed by atoms with Crippen molar-refractivity contribution in [2.75, 3.05) is 39.4 Å². The van der Waals surface area contributed by atoms with Gasteiger partial charge in [0.1, 0.15) is 0 Å². The first-order valence-corrected chi connectivity index (χ1v) is 10.00. The van der Waals surface area contributed by atoms with Crippen molar-refractivity contribution in [1.82, 2.24) is 15.5 Å². The zero-order chi connectivity index (χ0) is 19.9. The summed E-state index contributed by atoms with van der Waals surface area (Å²) >= 11 is 3.15. The Morgan fingerprint density at radius 3 is 2.50 bits per heavy atom. The fourth-order valence-corrected chi connectivity index (χ4v) is 3.31. The molecule has 1 atom stereocenters. The normalized spacial score (nSPS) is 15.8. The van der Waals surface area contributed by atoms with Crippen LogP contribution >= 0.6 is 15.9 Å². The van der Waals surface area contributed by atoms with Gasteiger partial charge in [-0.15, -0.1) is 0 Å². The summed E-state index contributed by atoms with van der Waals surface area (Å²) < 4.78 is 11.1. The number of carbonyl (C=O) groups is 2. The molecule has 1 aromatic carbocycles. The second-order valence-electron chi connectivity index (χ2n) is 6.73. The number of nitrogens with zero attached hydrogens (tertiary/aromatic N) is 1. The summed E-state index contributed by atoms with van der Waals surface area (Å²) in [5.41, 5.74) is 2.20. The smallest absolute Gasteiger partial charge is 0.287 e. The number of hydrogen-bond donors (Lipinski definition) is 2. The van der Waals surface area contributed by atoms with Crippen LogP contribution in [0.25, 0.3) is 0 Å². The minimum Gasteiger partial charge on any atom is -0.444 e. The molecule has 2 heterocycles. The fourth-order valence-electron chi connectivity index (χ4n) is 3.00. The predicted molar refractivity (Wildman–Crippen MR) is 108 cm³/mol. The van der Waals surface area contributed by atoms with Crippen molar-refractivity contribution in [2.24, 2.45) is 0 Å². The molecule has 1 aliphatic rings. The molecule has 2 aromatic rings. The maximum atomic E-state index is 12.5. The molecule has 0 aliphatic carbocycles. The highest BCUT2D eigenvalue weighted by molar-refractivity contribution is 9.10. The Labute approximate surface area is 172 Å². The molecule has 1 aromatic heterocycles. The minimum atomic E-state index is -0.430. The molecule has 2 N–H and O–H groups in total. The molecule has 0 radical (unpaired) electrons. The maximum absolute atomic E-state index is 12.5. The summed E-state index contributed by atoms with van der Waals surface area (Å²) in [6.45, 7) is 5.67. The second kappa shape index (κ2) is 9.86. The number of morpholine rings is 1. The molecular formula is C20H24BrN3O4. The van der Waals surface area contributed by atoms with Crippen LogP contribution in [0.3, 0.4) is 0 Å². The number of rotatable bonds is 7. The van der Waals surface area contributed by atoms with E-state index in [-0.39, 0.29) is 24.3 Å². The van der Waals surface area contributed by atoms with E-state index in [1.807, 2.05) is 31.2 Å². The van der Waals surface area contributed by atoms with E-state index < -0.39 is 5.91 Å². The Morgan fingerprint density at radius 1 is 1.14 bits per heavy atom. The van der Waals surface area contributed by atoms with Gasteiger partial charge in [0.2, 0.25) is 5.91 Å². The van der Waals surface area contributed by atoms with Gasteiger partial charge in [-0.25, -0.2) is 0 Å². The summed E-state index contributed by atoms with van der Waals surface area (Å²) in [6.07, 6.45) is 0. The number of benzene rings is 1. The van der Waals surface area contributed by atoms with Crippen LogP contribution < -0.4 is 10.6 Å². The highest BCUT2D eigenvalue weighted by Crippen LogP contribution is 2.17. The third kappa shape index (κ3) is 5.92. The van der Waals surface area contributed by atoms with E-state index in [1.165, 1.54) is 0 Å². The molecule has 7 nitrogen and oxygen atoms in total. The van der Waals surface area contributed by atoms with E-state index in [1.54, 1.807) is 12.1 Å². The molecule has 150 valence electrons. The number of ether oxygens (including phenoxy) is 1. The van der Waals surface area contributed by atoms with Gasteiger partial charge in [-0.2, -0.15) is 0 Å². The first-order chi connectivity index (χ1) is 13.5. The molecule has 8 heteroatoms. The van der Waals surface area contributed by atoms with Crippen molar-refractivity contribution in [2.45, 2.75) is 13.0 Å². The first-order valence-electron chi connectivity index (χ1n) is 9.21. The number of carbonyl (C=O) groups excluding carboxylic acids is 2. The van der Waals surface area contributed by atoms with Crippen molar-refractivity contribution in [3.05, 3.63) is 58.0 Å². The lowest BCUT2D eigenvalue weighted by Gasteiger charge is -2.31. The fraction of sp³-hybridized carbons (Fsp3) is 0.400. The molecule has 3 rings (SSSR count). The highest BCUT2D eigenvalue weighted by Gasteiger charge is 2.21. The van der Waals surface area contributed by atoms with Gasteiger partial charge in [-0.1, -0.05) is 29.8 Å². The van der Waals surface area contributed by atoms with Gasteiger partial charge in [0.15, 0.2) is 10.4 Å². The maximum Gasteiger partial charge on any atom is 0.287 e.